The molecule has 0 aliphatic carbocycles. The normalized spacial score (nSPS) is 13.8. The summed E-state index contributed by atoms with van der Waals surface area (Å²) in [5.74, 6) is -0.153. The Balaban J connectivity index is 3.98. The predicted molar refractivity (Wildman–Crippen MR) is 259 cm³/mol. The summed E-state index contributed by atoms with van der Waals surface area (Å²) >= 11 is 0. The first-order chi connectivity index (χ1) is 29.4. The van der Waals surface area contributed by atoms with Crippen LogP contribution in [0.15, 0.2) is 0 Å². The lowest BCUT2D eigenvalue weighted by Gasteiger charge is -2.25. The summed E-state index contributed by atoms with van der Waals surface area (Å²) in [4.78, 5) is 22.9. The monoisotopic (exact) mass is 873 g/mol. The van der Waals surface area contributed by atoms with Gasteiger partial charge in [0.15, 0.2) is 0 Å². The van der Waals surface area contributed by atoms with E-state index in [2.05, 4.69) is 19.2 Å². The molecule has 0 spiro atoms. The van der Waals surface area contributed by atoms with Gasteiger partial charge < -0.3 is 21.1 Å². The van der Waals surface area contributed by atoms with Crippen molar-refractivity contribution in [2.45, 2.75) is 302 Å². The van der Waals surface area contributed by atoms with E-state index >= 15 is 0 Å². The van der Waals surface area contributed by atoms with Crippen LogP contribution in [0, 0.1) is 0 Å². The van der Waals surface area contributed by atoms with Gasteiger partial charge in [-0.1, -0.05) is 271 Å². The lowest BCUT2D eigenvalue weighted by atomic mass is 10.0. The number of hydrogen-bond acceptors (Lipinski definition) is 6. The van der Waals surface area contributed by atoms with Gasteiger partial charge in [-0.25, -0.2) is 4.57 Å². The molecule has 3 atom stereocenters. The molecule has 0 fully saturated rings. The Morgan fingerprint density at radius 3 is 1.07 bits per heavy atom. The predicted octanol–water partition coefficient (Wildman–Crippen LogP) is 15.7. The number of rotatable bonds is 51. The van der Waals surface area contributed by atoms with Crippen LogP contribution in [0.25, 0.3) is 0 Å². The van der Waals surface area contributed by atoms with Crippen LogP contribution in [0.2, 0.25) is 0 Å². The molecule has 360 valence electrons. The van der Waals surface area contributed by atoms with Gasteiger partial charge in [-0.2, -0.15) is 0 Å². The Bertz CT molecular complexity index is 911. The third-order valence-electron chi connectivity index (χ3n) is 12.5. The summed E-state index contributed by atoms with van der Waals surface area (Å²) < 4.78 is 22.3. The summed E-state index contributed by atoms with van der Waals surface area (Å²) in [5.41, 5.74) is 5.41. The Kier molecular flexibility index (Phi) is 47.6. The average molecular weight is 873 g/mol. The van der Waals surface area contributed by atoms with Crippen LogP contribution >= 0.6 is 7.82 Å². The smallest absolute Gasteiger partial charge is 0.391 e. The van der Waals surface area contributed by atoms with Gasteiger partial charge in [0.1, 0.15) is 0 Å². The lowest BCUT2D eigenvalue weighted by Crippen LogP contribution is -2.46. The third-order valence-corrected chi connectivity index (χ3v) is 13.4. The number of aliphatic hydroxyl groups excluding tert-OH is 1. The van der Waals surface area contributed by atoms with Crippen LogP contribution in [-0.2, 0) is 18.4 Å². The molecule has 1 amide bonds. The standard InChI is InChI=1S/C51H105N2O6P/c1-3-5-7-9-11-13-15-17-19-21-23-25-27-29-31-33-35-37-39-41-43-45-51(55)53-49(48-59-60(56,57)58-47-46-52)50(54)44-42-40-38-36-34-32-30-28-26-24-22-20-18-16-14-12-10-8-6-4-2/h49-50,54H,3-48,52H2,1-2H3,(H,53,55)(H,56,57). The van der Waals surface area contributed by atoms with E-state index in [1.165, 1.54) is 225 Å². The Hall–Kier alpha value is -0.500. The van der Waals surface area contributed by atoms with Gasteiger partial charge in [0, 0.05) is 13.0 Å². The molecular weight excluding hydrogens is 768 g/mol. The highest BCUT2D eigenvalue weighted by molar-refractivity contribution is 7.47. The minimum absolute atomic E-state index is 0.0929. The maximum atomic E-state index is 12.9. The molecule has 0 aromatic carbocycles. The molecule has 60 heavy (non-hydrogen) atoms. The molecule has 0 aliphatic rings. The highest BCUT2D eigenvalue weighted by Crippen LogP contribution is 2.43. The maximum Gasteiger partial charge on any atom is 0.472 e. The van der Waals surface area contributed by atoms with Crippen LogP contribution in [0.1, 0.15) is 290 Å². The summed E-state index contributed by atoms with van der Waals surface area (Å²) in [7, 11) is -4.32. The number of carbonyl (C=O) groups is 1. The van der Waals surface area contributed by atoms with Crippen LogP contribution in [0.5, 0.6) is 0 Å². The second-order valence-electron chi connectivity index (χ2n) is 18.5. The zero-order valence-electron chi connectivity index (χ0n) is 40.2. The summed E-state index contributed by atoms with van der Waals surface area (Å²) in [6.07, 6.45) is 54.1. The van der Waals surface area contributed by atoms with Gasteiger partial charge in [-0.05, 0) is 12.8 Å². The number of unbranched alkanes of at least 4 members (excludes halogenated alkanes) is 39. The molecule has 0 saturated carbocycles. The number of carbonyl (C=O) groups excluding carboxylic acids is 1. The van der Waals surface area contributed by atoms with Crippen LogP contribution in [-0.4, -0.2) is 47.8 Å². The Morgan fingerprint density at radius 1 is 0.483 bits per heavy atom. The molecule has 0 radical (unpaired) electrons. The fourth-order valence-electron chi connectivity index (χ4n) is 8.44. The number of amides is 1. The van der Waals surface area contributed by atoms with Gasteiger partial charge in [0.2, 0.25) is 5.91 Å². The van der Waals surface area contributed by atoms with Crippen molar-refractivity contribution >= 4 is 13.7 Å². The quantitative estimate of drug-likeness (QED) is 0.0354. The number of phosphoric acid groups is 1. The van der Waals surface area contributed by atoms with Crippen LogP contribution in [0.4, 0.5) is 0 Å². The van der Waals surface area contributed by atoms with E-state index in [1.807, 2.05) is 0 Å². The summed E-state index contributed by atoms with van der Waals surface area (Å²) in [5, 5.41) is 13.9. The zero-order chi connectivity index (χ0) is 43.9. The van der Waals surface area contributed by atoms with Crippen LogP contribution in [0.3, 0.4) is 0 Å². The van der Waals surface area contributed by atoms with Crippen molar-refractivity contribution in [3.05, 3.63) is 0 Å². The SMILES string of the molecule is CCCCCCCCCCCCCCCCCCCCCCCC(=O)NC(COP(=O)(O)OCCN)C(O)CCCCCCCCCCCCCCCCCCCCCC. The average Bonchev–Trinajstić information content (AvgIpc) is 3.24. The molecule has 3 unspecified atom stereocenters. The van der Waals surface area contributed by atoms with Crippen molar-refractivity contribution in [2.24, 2.45) is 5.73 Å². The Morgan fingerprint density at radius 2 is 0.767 bits per heavy atom. The number of phosphoric ester groups is 1. The van der Waals surface area contributed by atoms with Crippen molar-refractivity contribution in [3.63, 3.8) is 0 Å². The lowest BCUT2D eigenvalue weighted by molar-refractivity contribution is -0.123. The van der Waals surface area contributed by atoms with Crippen molar-refractivity contribution < 1.29 is 28.4 Å². The number of aliphatic hydroxyl groups is 1. The molecule has 0 aliphatic heterocycles. The highest BCUT2D eigenvalue weighted by Gasteiger charge is 2.27. The number of hydrogen-bond donors (Lipinski definition) is 4. The van der Waals surface area contributed by atoms with Crippen molar-refractivity contribution in [1.82, 2.24) is 5.32 Å². The van der Waals surface area contributed by atoms with E-state index in [-0.39, 0.29) is 25.7 Å². The van der Waals surface area contributed by atoms with E-state index in [1.54, 1.807) is 0 Å². The fraction of sp³-hybridized carbons (Fsp3) is 0.980. The van der Waals surface area contributed by atoms with Crippen molar-refractivity contribution in [3.8, 4) is 0 Å². The highest BCUT2D eigenvalue weighted by atomic mass is 31.2. The molecule has 0 aromatic rings. The maximum absolute atomic E-state index is 12.9. The Labute approximate surface area is 373 Å². The molecular formula is C51H105N2O6P. The van der Waals surface area contributed by atoms with Crippen molar-refractivity contribution in [1.29, 1.82) is 0 Å². The molecule has 8 nitrogen and oxygen atoms in total. The number of nitrogens with one attached hydrogen (secondary N) is 1. The second kappa shape index (κ2) is 48.0. The molecule has 0 aromatic heterocycles. The van der Waals surface area contributed by atoms with Gasteiger partial charge >= 0.3 is 7.82 Å². The van der Waals surface area contributed by atoms with E-state index in [9.17, 15) is 19.4 Å². The minimum atomic E-state index is -4.32. The largest absolute Gasteiger partial charge is 0.472 e. The van der Waals surface area contributed by atoms with Gasteiger partial charge in [0.05, 0.1) is 25.4 Å². The molecule has 0 heterocycles. The summed E-state index contributed by atoms with van der Waals surface area (Å²) in [6.45, 7) is 4.27. The minimum Gasteiger partial charge on any atom is -0.391 e. The fourth-order valence-corrected chi connectivity index (χ4v) is 9.19. The molecule has 0 rings (SSSR count). The van der Waals surface area contributed by atoms with E-state index in [0.29, 0.717) is 12.8 Å². The van der Waals surface area contributed by atoms with E-state index < -0.39 is 20.0 Å². The molecule has 0 saturated heterocycles. The topological polar surface area (TPSA) is 131 Å². The third kappa shape index (κ3) is 45.5. The van der Waals surface area contributed by atoms with E-state index in [4.69, 9.17) is 14.8 Å². The number of nitrogens with two attached hydrogens (primary N) is 1. The van der Waals surface area contributed by atoms with Gasteiger partial charge in [-0.15, -0.1) is 0 Å². The first kappa shape index (κ1) is 59.5. The molecule has 9 heteroatoms. The molecule has 5 N–H and O–H groups in total. The summed E-state index contributed by atoms with van der Waals surface area (Å²) in [6, 6.07) is -0.769. The van der Waals surface area contributed by atoms with E-state index in [0.717, 1.165) is 38.5 Å². The zero-order valence-corrected chi connectivity index (χ0v) is 41.1. The van der Waals surface area contributed by atoms with Gasteiger partial charge in [0.25, 0.3) is 0 Å². The van der Waals surface area contributed by atoms with Gasteiger partial charge in [-0.3, -0.25) is 13.8 Å². The van der Waals surface area contributed by atoms with Crippen molar-refractivity contribution in [2.75, 3.05) is 19.8 Å². The molecule has 0 bridgehead atoms. The second-order valence-corrected chi connectivity index (χ2v) is 19.9. The first-order valence-electron chi connectivity index (χ1n) is 26.7. The van der Waals surface area contributed by atoms with Crippen LogP contribution < -0.4 is 11.1 Å². The first-order valence-corrected chi connectivity index (χ1v) is 28.1.